The topological polar surface area (TPSA) is 49.3 Å². The Labute approximate surface area is 163 Å². The summed E-state index contributed by atoms with van der Waals surface area (Å²) in [5.41, 5.74) is 1.03. The molecule has 2 heterocycles. The van der Waals surface area contributed by atoms with Gasteiger partial charge in [-0.25, -0.2) is 0 Å². The van der Waals surface area contributed by atoms with Crippen molar-refractivity contribution < 1.29 is 0 Å². The molecule has 0 saturated heterocycles. The quantitative estimate of drug-likeness (QED) is 0.356. The van der Waals surface area contributed by atoms with E-state index in [4.69, 9.17) is 0 Å². The highest BCUT2D eigenvalue weighted by Gasteiger charge is 2.04. The van der Waals surface area contributed by atoms with E-state index in [1.807, 2.05) is 24.4 Å². The van der Waals surface area contributed by atoms with Crippen molar-refractivity contribution in [2.24, 2.45) is 4.99 Å². The van der Waals surface area contributed by atoms with Crippen molar-refractivity contribution in [2.75, 3.05) is 7.05 Å². The molecule has 4 nitrogen and oxygen atoms in total. The van der Waals surface area contributed by atoms with Gasteiger partial charge in [-0.15, -0.1) is 35.3 Å². The van der Waals surface area contributed by atoms with Crippen LogP contribution >= 0.6 is 35.3 Å². The summed E-state index contributed by atoms with van der Waals surface area (Å²) >= 11 is 1.80. The number of fused-ring (bicyclic) bond motifs is 1. The molecular weight excluding hydrogens is 431 g/mol. The summed E-state index contributed by atoms with van der Waals surface area (Å²) in [5, 5.41) is 9.05. The Morgan fingerprint density at radius 2 is 1.88 bits per heavy atom. The zero-order valence-corrected chi connectivity index (χ0v) is 16.9. The minimum Gasteiger partial charge on any atom is -0.352 e. The number of nitrogens with zero attached hydrogens (tertiary/aromatic N) is 2. The van der Waals surface area contributed by atoms with Crippen molar-refractivity contribution in [1.29, 1.82) is 0 Å². The third-order valence-corrected chi connectivity index (χ3v) is 4.63. The minimum absolute atomic E-state index is 0. The van der Waals surface area contributed by atoms with Crippen LogP contribution in [0, 0.1) is 6.92 Å². The number of hydrogen-bond acceptors (Lipinski definition) is 3. The predicted octanol–water partition coefficient (Wildman–Crippen LogP) is 4.09. The maximum atomic E-state index is 4.49. The van der Waals surface area contributed by atoms with E-state index in [1.165, 1.54) is 20.5 Å². The molecule has 0 fully saturated rings. The number of aliphatic imine (C=N–C) groups is 1. The zero-order chi connectivity index (χ0) is 16.1. The molecule has 0 saturated carbocycles. The standard InChI is InChI=1S/C18H20N4S.HI/c1-13-7-8-15(23-13)11-21-18(19-2)22-12-17-16-6-4-3-5-14(16)9-10-20-17;/h3-10H,11-12H2,1-2H3,(H2,19,21,22);1H. The van der Waals surface area contributed by atoms with Gasteiger partial charge in [0.15, 0.2) is 5.96 Å². The van der Waals surface area contributed by atoms with Crippen LogP contribution in [0.15, 0.2) is 53.7 Å². The third-order valence-electron chi connectivity index (χ3n) is 3.63. The number of pyridine rings is 1. The SMILES string of the molecule is CN=C(NCc1ccc(C)s1)NCc1nccc2ccccc12.I. The molecule has 126 valence electrons. The van der Waals surface area contributed by atoms with Gasteiger partial charge in [0.05, 0.1) is 18.8 Å². The third kappa shape index (κ3) is 4.67. The van der Waals surface area contributed by atoms with E-state index in [-0.39, 0.29) is 24.0 Å². The monoisotopic (exact) mass is 452 g/mol. The summed E-state index contributed by atoms with van der Waals surface area (Å²) in [4.78, 5) is 11.4. The molecule has 24 heavy (non-hydrogen) atoms. The largest absolute Gasteiger partial charge is 0.352 e. The summed E-state index contributed by atoms with van der Waals surface area (Å²) < 4.78 is 0. The van der Waals surface area contributed by atoms with Crippen LogP contribution in [0.4, 0.5) is 0 Å². The van der Waals surface area contributed by atoms with Crippen LogP contribution < -0.4 is 10.6 Å². The first-order chi connectivity index (χ1) is 11.3. The molecule has 0 unspecified atom stereocenters. The van der Waals surface area contributed by atoms with Gasteiger partial charge < -0.3 is 10.6 Å². The molecule has 1 aromatic carbocycles. The second-order valence-corrected chi connectivity index (χ2v) is 6.64. The average Bonchev–Trinajstić information content (AvgIpc) is 3.00. The predicted molar refractivity (Wildman–Crippen MR) is 113 cm³/mol. The van der Waals surface area contributed by atoms with Gasteiger partial charge in [0, 0.05) is 28.4 Å². The molecule has 3 rings (SSSR count). The molecule has 0 aliphatic carbocycles. The molecule has 0 aliphatic heterocycles. The number of nitrogens with one attached hydrogen (secondary N) is 2. The molecule has 0 bridgehead atoms. The van der Waals surface area contributed by atoms with E-state index in [0.717, 1.165) is 18.2 Å². The molecular formula is C18H21IN4S. The van der Waals surface area contributed by atoms with Gasteiger partial charge in [-0.2, -0.15) is 0 Å². The van der Waals surface area contributed by atoms with Crippen LogP contribution in [0.3, 0.4) is 0 Å². The van der Waals surface area contributed by atoms with Crippen LogP contribution in [-0.2, 0) is 13.1 Å². The number of thiophene rings is 1. The second kappa shape index (κ2) is 8.98. The molecule has 6 heteroatoms. The van der Waals surface area contributed by atoms with E-state index in [1.54, 1.807) is 18.4 Å². The van der Waals surface area contributed by atoms with Crippen molar-refractivity contribution in [3.05, 3.63) is 64.1 Å². The van der Waals surface area contributed by atoms with Crippen LogP contribution in [-0.4, -0.2) is 18.0 Å². The Morgan fingerprint density at radius 1 is 1.08 bits per heavy atom. The smallest absolute Gasteiger partial charge is 0.191 e. The number of rotatable bonds is 4. The minimum atomic E-state index is 0. The summed E-state index contributed by atoms with van der Waals surface area (Å²) in [6.45, 7) is 3.54. The number of hydrogen-bond donors (Lipinski definition) is 2. The van der Waals surface area contributed by atoms with E-state index in [9.17, 15) is 0 Å². The molecule has 0 amide bonds. The van der Waals surface area contributed by atoms with Gasteiger partial charge in [-0.3, -0.25) is 9.98 Å². The van der Waals surface area contributed by atoms with Gasteiger partial charge in [-0.05, 0) is 30.5 Å². The lowest BCUT2D eigenvalue weighted by molar-refractivity contribution is 0.804. The fraction of sp³-hybridized carbons (Fsp3) is 0.222. The average molecular weight is 452 g/mol. The van der Waals surface area contributed by atoms with Crippen LogP contribution in [0.1, 0.15) is 15.4 Å². The van der Waals surface area contributed by atoms with Crippen LogP contribution in [0.2, 0.25) is 0 Å². The lowest BCUT2D eigenvalue weighted by Crippen LogP contribution is -2.36. The van der Waals surface area contributed by atoms with Crippen molar-refractivity contribution in [2.45, 2.75) is 20.0 Å². The Hall–Kier alpha value is -1.67. The fourth-order valence-electron chi connectivity index (χ4n) is 2.46. The van der Waals surface area contributed by atoms with Crippen molar-refractivity contribution in [3.63, 3.8) is 0 Å². The number of aromatic nitrogens is 1. The first-order valence-electron chi connectivity index (χ1n) is 7.59. The molecule has 0 radical (unpaired) electrons. The van der Waals surface area contributed by atoms with Gasteiger partial charge in [-0.1, -0.05) is 24.3 Å². The normalized spacial score (nSPS) is 11.2. The molecule has 3 aromatic rings. The van der Waals surface area contributed by atoms with Crippen molar-refractivity contribution in [1.82, 2.24) is 15.6 Å². The summed E-state index contributed by atoms with van der Waals surface area (Å²) in [5.74, 6) is 0.783. The molecule has 0 spiro atoms. The highest BCUT2D eigenvalue weighted by atomic mass is 127. The number of halogens is 1. The Morgan fingerprint density at radius 3 is 2.62 bits per heavy atom. The molecule has 2 aromatic heterocycles. The second-order valence-electron chi connectivity index (χ2n) is 5.27. The van der Waals surface area contributed by atoms with Crippen LogP contribution in [0.5, 0.6) is 0 Å². The summed E-state index contributed by atoms with van der Waals surface area (Å²) in [6, 6.07) is 14.6. The van der Waals surface area contributed by atoms with E-state index in [0.29, 0.717) is 6.54 Å². The summed E-state index contributed by atoms with van der Waals surface area (Å²) in [6.07, 6.45) is 1.85. The first kappa shape index (κ1) is 18.7. The highest BCUT2D eigenvalue weighted by Crippen LogP contribution is 2.16. The van der Waals surface area contributed by atoms with Crippen LogP contribution in [0.25, 0.3) is 10.8 Å². The van der Waals surface area contributed by atoms with Crippen molar-refractivity contribution in [3.8, 4) is 0 Å². The lowest BCUT2D eigenvalue weighted by Gasteiger charge is -2.12. The van der Waals surface area contributed by atoms with Gasteiger partial charge in [0.2, 0.25) is 0 Å². The Bertz CT molecular complexity index is 823. The van der Waals surface area contributed by atoms with E-state index < -0.39 is 0 Å². The number of benzene rings is 1. The highest BCUT2D eigenvalue weighted by molar-refractivity contribution is 14.0. The maximum absolute atomic E-state index is 4.49. The maximum Gasteiger partial charge on any atom is 0.191 e. The molecule has 2 N–H and O–H groups in total. The molecule has 0 atom stereocenters. The number of aryl methyl sites for hydroxylation is 1. The fourth-order valence-corrected chi connectivity index (χ4v) is 3.29. The molecule has 0 aliphatic rings. The van der Waals surface area contributed by atoms with E-state index >= 15 is 0 Å². The van der Waals surface area contributed by atoms with Gasteiger partial charge in [0.25, 0.3) is 0 Å². The zero-order valence-electron chi connectivity index (χ0n) is 13.7. The number of guanidine groups is 1. The first-order valence-corrected chi connectivity index (χ1v) is 8.40. The summed E-state index contributed by atoms with van der Waals surface area (Å²) in [7, 11) is 1.78. The van der Waals surface area contributed by atoms with Gasteiger partial charge >= 0.3 is 0 Å². The van der Waals surface area contributed by atoms with E-state index in [2.05, 4.69) is 51.8 Å². The van der Waals surface area contributed by atoms with Gasteiger partial charge in [0.1, 0.15) is 0 Å². The van der Waals surface area contributed by atoms with Crippen molar-refractivity contribution >= 4 is 52.0 Å². The Kier molecular flexibility index (Phi) is 6.99. The lowest BCUT2D eigenvalue weighted by atomic mass is 10.1. The Balaban J connectivity index is 0.00000208.